The first kappa shape index (κ1) is 12.3. The van der Waals surface area contributed by atoms with Crippen LogP contribution in [0.3, 0.4) is 0 Å². The molecule has 2 N–H and O–H groups in total. The first-order valence-corrected chi connectivity index (χ1v) is 5.04. The number of amides is 1. The van der Waals surface area contributed by atoms with E-state index >= 15 is 0 Å². The molecule has 2 atom stereocenters. The molecule has 0 saturated carbocycles. The smallest absolute Gasteiger partial charge is 0.345 e. The summed E-state index contributed by atoms with van der Waals surface area (Å²) in [5.74, 6) is -1.83. The van der Waals surface area contributed by atoms with Crippen molar-refractivity contribution in [1.29, 1.82) is 0 Å². The van der Waals surface area contributed by atoms with Crippen molar-refractivity contribution in [2.75, 3.05) is 6.54 Å². The average Bonchev–Trinajstić information content (AvgIpc) is 2.16. The molecule has 0 aromatic carbocycles. The van der Waals surface area contributed by atoms with E-state index < -0.39 is 12.1 Å². The lowest BCUT2D eigenvalue weighted by molar-refractivity contribution is -0.174. The predicted octanol–water partition coefficient (Wildman–Crippen LogP) is 1.20. The van der Waals surface area contributed by atoms with Gasteiger partial charge in [0.2, 0.25) is 0 Å². The molecule has 88 valence electrons. The highest BCUT2D eigenvalue weighted by Crippen LogP contribution is 2.17. The molecule has 1 saturated heterocycles. The minimum absolute atomic E-state index is 0.206. The monoisotopic (exact) mass is 224 g/mol. The Bertz CT molecular complexity index is 230. The molecule has 0 radical (unpaired) electrons. The van der Waals surface area contributed by atoms with Crippen molar-refractivity contribution in [2.24, 2.45) is 0 Å². The first-order valence-electron chi connectivity index (χ1n) is 5.04. The lowest BCUT2D eigenvalue weighted by atomic mass is 9.98. The van der Waals surface area contributed by atoms with Crippen LogP contribution in [0.1, 0.15) is 26.2 Å². The van der Waals surface area contributed by atoms with Gasteiger partial charge in [-0.05, 0) is 25.8 Å². The summed E-state index contributed by atoms with van der Waals surface area (Å²) >= 11 is 0. The van der Waals surface area contributed by atoms with Gasteiger partial charge in [0.25, 0.3) is 0 Å². The van der Waals surface area contributed by atoms with Gasteiger partial charge in [-0.3, -0.25) is 4.79 Å². The van der Waals surface area contributed by atoms with Gasteiger partial charge in [-0.2, -0.15) is 13.2 Å². The van der Waals surface area contributed by atoms with E-state index in [1.54, 1.807) is 0 Å². The molecular weight excluding hydrogens is 209 g/mol. The molecule has 1 aliphatic heterocycles. The van der Waals surface area contributed by atoms with Crippen LogP contribution in [0.2, 0.25) is 0 Å². The number of piperidine rings is 1. The molecular formula is C9H15F3N2O. The molecule has 1 heterocycles. The van der Waals surface area contributed by atoms with E-state index in [2.05, 4.69) is 5.32 Å². The van der Waals surface area contributed by atoms with Crippen molar-refractivity contribution in [2.45, 2.75) is 44.4 Å². The lowest BCUT2D eigenvalue weighted by Gasteiger charge is -2.30. The van der Waals surface area contributed by atoms with Crippen molar-refractivity contribution < 1.29 is 18.0 Å². The van der Waals surface area contributed by atoms with Crippen molar-refractivity contribution in [1.82, 2.24) is 10.6 Å². The summed E-state index contributed by atoms with van der Waals surface area (Å²) in [6.07, 6.45) is -2.79. The quantitative estimate of drug-likeness (QED) is 0.740. The van der Waals surface area contributed by atoms with Gasteiger partial charge in [-0.15, -0.1) is 0 Å². The summed E-state index contributed by atoms with van der Waals surface area (Å²) in [5.41, 5.74) is 0. The fourth-order valence-corrected chi connectivity index (χ4v) is 1.72. The van der Waals surface area contributed by atoms with E-state index in [0.717, 1.165) is 6.42 Å². The third-order valence-electron chi connectivity index (χ3n) is 2.58. The second kappa shape index (κ2) is 4.83. The molecule has 3 nitrogen and oxygen atoms in total. The number of carbonyl (C=O) groups excluding carboxylic acids is 1. The molecule has 1 aliphatic rings. The maximum atomic E-state index is 12.0. The van der Waals surface area contributed by atoms with E-state index in [1.807, 2.05) is 12.2 Å². The van der Waals surface area contributed by atoms with E-state index in [-0.39, 0.29) is 12.1 Å². The van der Waals surface area contributed by atoms with E-state index in [4.69, 9.17) is 0 Å². The summed E-state index contributed by atoms with van der Waals surface area (Å²) in [6.45, 7) is 2.62. The van der Waals surface area contributed by atoms with Crippen LogP contribution in [0.5, 0.6) is 0 Å². The normalized spacial score (nSPS) is 27.5. The molecule has 1 rings (SSSR count). The van der Waals surface area contributed by atoms with Crippen LogP contribution in [0, 0.1) is 0 Å². The molecule has 0 aliphatic carbocycles. The highest BCUT2D eigenvalue weighted by Gasteiger charge is 2.40. The van der Waals surface area contributed by atoms with Gasteiger partial charge < -0.3 is 10.6 Å². The van der Waals surface area contributed by atoms with E-state index in [1.165, 1.54) is 0 Å². The van der Waals surface area contributed by atoms with Crippen LogP contribution in [0.25, 0.3) is 0 Å². The summed E-state index contributed by atoms with van der Waals surface area (Å²) in [6, 6.07) is -0.150. The molecule has 0 bridgehead atoms. The van der Waals surface area contributed by atoms with Crippen LogP contribution < -0.4 is 10.6 Å². The maximum Gasteiger partial charge on any atom is 0.471 e. The van der Waals surface area contributed by atoms with Gasteiger partial charge in [0.15, 0.2) is 0 Å². The topological polar surface area (TPSA) is 41.1 Å². The van der Waals surface area contributed by atoms with Crippen LogP contribution in [-0.2, 0) is 4.79 Å². The Kier molecular flexibility index (Phi) is 3.96. The number of hydrogen-bond acceptors (Lipinski definition) is 2. The Morgan fingerprint density at radius 2 is 2.20 bits per heavy atom. The SMILES string of the molecule is CC[C@H]1C[C@@H](NC(=O)C(F)(F)F)CCN1. The zero-order chi connectivity index (χ0) is 11.5. The van der Waals surface area contributed by atoms with Crippen LogP contribution in [0.15, 0.2) is 0 Å². The van der Waals surface area contributed by atoms with Crippen molar-refractivity contribution >= 4 is 5.91 Å². The van der Waals surface area contributed by atoms with E-state index in [9.17, 15) is 18.0 Å². The Balaban J connectivity index is 2.41. The van der Waals surface area contributed by atoms with Gasteiger partial charge >= 0.3 is 12.1 Å². The standard InChI is InChI=1S/C9H15F3N2O/c1-2-6-5-7(3-4-13-6)14-8(15)9(10,11)12/h6-7,13H,2-5H2,1H3,(H,14,15)/t6-,7-/m0/s1. The van der Waals surface area contributed by atoms with Gasteiger partial charge in [-0.25, -0.2) is 0 Å². The second-order valence-corrected chi connectivity index (χ2v) is 3.75. The summed E-state index contributed by atoms with van der Waals surface area (Å²) in [7, 11) is 0. The molecule has 1 fully saturated rings. The number of halogens is 3. The van der Waals surface area contributed by atoms with Crippen molar-refractivity contribution in [3.05, 3.63) is 0 Å². The lowest BCUT2D eigenvalue weighted by Crippen LogP contribution is -2.50. The van der Waals surface area contributed by atoms with Crippen molar-refractivity contribution in [3.8, 4) is 0 Å². The molecule has 15 heavy (non-hydrogen) atoms. The van der Waals surface area contributed by atoms with Crippen molar-refractivity contribution in [3.63, 3.8) is 0 Å². The van der Waals surface area contributed by atoms with Gasteiger partial charge in [-0.1, -0.05) is 6.92 Å². The maximum absolute atomic E-state index is 12.0. The van der Waals surface area contributed by atoms with E-state index in [0.29, 0.717) is 19.4 Å². The third kappa shape index (κ3) is 3.70. The Hall–Kier alpha value is -0.780. The molecule has 0 aromatic heterocycles. The first-order chi connectivity index (χ1) is 6.93. The number of rotatable bonds is 2. The Labute approximate surface area is 86.4 Å². The Morgan fingerprint density at radius 1 is 1.53 bits per heavy atom. The molecule has 0 unspecified atom stereocenters. The van der Waals surface area contributed by atoms with Gasteiger partial charge in [0, 0.05) is 12.1 Å². The second-order valence-electron chi connectivity index (χ2n) is 3.75. The Morgan fingerprint density at radius 3 is 2.73 bits per heavy atom. The van der Waals surface area contributed by atoms with Crippen LogP contribution >= 0.6 is 0 Å². The highest BCUT2D eigenvalue weighted by molar-refractivity contribution is 5.81. The number of alkyl halides is 3. The van der Waals surface area contributed by atoms with Crippen LogP contribution in [-0.4, -0.2) is 30.7 Å². The number of nitrogens with one attached hydrogen (secondary N) is 2. The number of carbonyl (C=O) groups is 1. The predicted molar refractivity (Wildman–Crippen MR) is 49.3 cm³/mol. The minimum atomic E-state index is -4.77. The largest absolute Gasteiger partial charge is 0.471 e. The summed E-state index contributed by atoms with van der Waals surface area (Å²) in [4.78, 5) is 10.7. The minimum Gasteiger partial charge on any atom is -0.345 e. The zero-order valence-corrected chi connectivity index (χ0v) is 8.53. The van der Waals surface area contributed by atoms with Gasteiger partial charge in [0.05, 0.1) is 0 Å². The molecule has 0 aromatic rings. The van der Waals surface area contributed by atoms with Gasteiger partial charge in [0.1, 0.15) is 0 Å². The fourth-order valence-electron chi connectivity index (χ4n) is 1.72. The third-order valence-corrected chi connectivity index (χ3v) is 2.58. The summed E-state index contributed by atoms with van der Waals surface area (Å²) in [5, 5.41) is 5.20. The summed E-state index contributed by atoms with van der Waals surface area (Å²) < 4.78 is 35.9. The average molecular weight is 224 g/mol. The van der Waals surface area contributed by atoms with Crippen LogP contribution in [0.4, 0.5) is 13.2 Å². The highest BCUT2D eigenvalue weighted by atomic mass is 19.4. The molecule has 6 heteroatoms. The number of hydrogen-bond donors (Lipinski definition) is 2. The molecule has 0 spiro atoms. The molecule has 1 amide bonds. The fraction of sp³-hybridized carbons (Fsp3) is 0.889. The zero-order valence-electron chi connectivity index (χ0n) is 8.53.